The largest absolute Gasteiger partial charge is 0.497 e. The van der Waals surface area contributed by atoms with Crippen molar-refractivity contribution in [1.29, 1.82) is 0 Å². The van der Waals surface area contributed by atoms with Crippen LogP contribution in [0.25, 0.3) is 0 Å². The minimum absolute atomic E-state index is 0.280. The van der Waals surface area contributed by atoms with E-state index in [9.17, 15) is 24.0 Å². The number of hydrogen-bond donors (Lipinski definition) is 2. The Hall–Kier alpha value is -2.95. The maximum atomic E-state index is 12.1. The van der Waals surface area contributed by atoms with Crippen molar-refractivity contribution in [2.24, 2.45) is 11.1 Å². The number of hydrogen-bond acceptors (Lipinski definition) is 9. The van der Waals surface area contributed by atoms with Gasteiger partial charge in [-0.25, -0.2) is 10.5 Å². The molecule has 3 aliphatic rings. The summed E-state index contributed by atoms with van der Waals surface area (Å²) < 4.78 is 14.5. The maximum absolute atomic E-state index is 12.1. The lowest BCUT2D eigenvalue weighted by Crippen LogP contribution is -2.64. The van der Waals surface area contributed by atoms with E-state index in [1.54, 1.807) is 0 Å². The molecule has 11 nitrogen and oxygen atoms in total. The monoisotopic (exact) mass is 423 g/mol. The molecule has 3 amide bonds. The molecule has 30 heavy (non-hydrogen) atoms. The summed E-state index contributed by atoms with van der Waals surface area (Å²) in [5.41, 5.74) is 4.26. The van der Waals surface area contributed by atoms with Crippen molar-refractivity contribution in [2.75, 3.05) is 13.1 Å². The Morgan fingerprint density at radius 3 is 2.13 bits per heavy atom. The average Bonchev–Trinajstić information content (AvgIpc) is 2.93. The fourth-order valence-corrected chi connectivity index (χ4v) is 3.47. The topological polar surface area (TPSA) is 154 Å². The molecule has 1 aliphatic carbocycles. The molecule has 1 spiro atoms. The summed E-state index contributed by atoms with van der Waals surface area (Å²) in [4.78, 5) is 60.0. The quantitative estimate of drug-likeness (QED) is 0.177. The van der Waals surface area contributed by atoms with E-state index in [1.165, 1.54) is 17.1 Å². The summed E-state index contributed by atoms with van der Waals surface area (Å²) in [6.07, 6.45) is 4.22. The molecule has 3 rings (SSSR count). The van der Waals surface area contributed by atoms with Crippen LogP contribution in [0.3, 0.4) is 0 Å². The number of rotatable bonds is 9. The van der Waals surface area contributed by atoms with E-state index >= 15 is 0 Å². The van der Waals surface area contributed by atoms with Crippen LogP contribution < -0.4 is 11.1 Å². The van der Waals surface area contributed by atoms with Gasteiger partial charge >= 0.3 is 24.1 Å². The first kappa shape index (κ1) is 21.8. The molecule has 0 aromatic carbocycles. The number of carbonyl (C=O) groups excluding carboxylic acids is 5. The number of esters is 2. The Labute approximate surface area is 172 Å². The maximum Gasteiger partial charge on any atom is 0.497 e. The number of nitrogens with one attached hydrogen (secondary N) is 1. The summed E-state index contributed by atoms with van der Waals surface area (Å²) >= 11 is 0. The van der Waals surface area contributed by atoms with Gasteiger partial charge in [0.1, 0.15) is 0 Å². The highest BCUT2D eigenvalue weighted by molar-refractivity contribution is 6.12. The predicted molar refractivity (Wildman–Crippen MR) is 98.8 cm³/mol. The molecule has 0 atom stereocenters. The van der Waals surface area contributed by atoms with Gasteiger partial charge in [0.25, 0.3) is 11.8 Å². The molecule has 2 fully saturated rings. The molecule has 0 unspecified atom stereocenters. The van der Waals surface area contributed by atoms with E-state index in [0.29, 0.717) is 38.6 Å². The molecule has 2 heterocycles. The van der Waals surface area contributed by atoms with E-state index in [-0.39, 0.29) is 18.4 Å². The number of carbonyl (C=O) groups is 5. The smallest absolute Gasteiger partial charge is 0.373 e. The number of unbranched alkanes of at least 4 members (excludes halogenated alkanes) is 4. The van der Waals surface area contributed by atoms with Crippen LogP contribution in [-0.2, 0) is 33.4 Å². The third kappa shape index (κ3) is 4.61. The van der Waals surface area contributed by atoms with Crippen molar-refractivity contribution in [3.63, 3.8) is 0 Å². The molecular weight excluding hydrogens is 398 g/mol. The number of amides is 3. The lowest BCUT2D eigenvalue weighted by molar-refractivity contribution is -0.344. The minimum Gasteiger partial charge on any atom is -0.373 e. The first-order chi connectivity index (χ1) is 14.3. The number of alkyl carbamates (subject to hydrolysis) is 1. The van der Waals surface area contributed by atoms with Crippen molar-refractivity contribution >= 4 is 29.8 Å². The van der Waals surface area contributed by atoms with Crippen LogP contribution in [-0.4, -0.2) is 53.9 Å². The van der Waals surface area contributed by atoms with E-state index in [2.05, 4.69) is 5.32 Å². The van der Waals surface area contributed by atoms with Gasteiger partial charge in [0.15, 0.2) is 5.41 Å². The standard InChI is InChI=1S/C19H25N3O8/c20-19(28-15(25)18(9-6-10-18)16(26)29-19)30-17(27)21-11-4-2-1-3-5-12-22-13(23)7-8-14(22)24/h7-8H,1-6,9-12,20H2,(H,21,27). The molecule has 0 aromatic heterocycles. The zero-order chi connectivity index (χ0) is 21.8. The SMILES string of the molecule is NC1(OC(=O)NCCCCCCCN2C(=O)C=CC2=O)OC(=O)C2(CCC2)C(=O)O1. The summed E-state index contributed by atoms with van der Waals surface area (Å²) in [6.45, 7) is 0.681. The minimum atomic E-state index is -2.56. The van der Waals surface area contributed by atoms with Crippen LogP contribution in [0.2, 0.25) is 0 Å². The molecule has 1 saturated carbocycles. The highest BCUT2D eigenvalue weighted by Crippen LogP contribution is 2.46. The average molecular weight is 423 g/mol. The first-order valence-electron chi connectivity index (χ1n) is 10.0. The van der Waals surface area contributed by atoms with Crippen LogP contribution in [0.4, 0.5) is 4.79 Å². The third-order valence-electron chi connectivity index (χ3n) is 5.42. The Morgan fingerprint density at radius 2 is 1.57 bits per heavy atom. The molecule has 0 radical (unpaired) electrons. The molecule has 1 saturated heterocycles. The second-order valence-electron chi connectivity index (χ2n) is 7.56. The molecule has 3 N–H and O–H groups in total. The van der Waals surface area contributed by atoms with Gasteiger partial charge in [-0.15, -0.1) is 0 Å². The van der Waals surface area contributed by atoms with Gasteiger partial charge in [-0.2, -0.15) is 0 Å². The fraction of sp³-hybridized carbons (Fsp3) is 0.632. The summed E-state index contributed by atoms with van der Waals surface area (Å²) in [5, 5.41) is 2.45. The van der Waals surface area contributed by atoms with Gasteiger partial charge in [0, 0.05) is 25.2 Å². The van der Waals surface area contributed by atoms with Gasteiger partial charge in [-0.1, -0.05) is 19.3 Å². The molecule has 2 aliphatic heterocycles. The Bertz CT molecular complexity index is 736. The van der Waals surface area contributed by atoms with Crippen molar-refractivity contribution in [3.05, 3.63) is 12.2 Å². The van der Waals surface area contributed by atoms with Crippen molar-refractivity contribution < 1.29 is 38.2 Å². The van der Waals surface area contributed by atoms with Gasteiger partial charge in [-0.05, 0) is 32.1 Å². The zero-order valence-corrected chi connectivity index (χ0v) is 16.5. The van der Waals surface area contributed by atoms with Gasteiger partial charge in [-0.3, -0.25) is 24.1 Å². The fourth-order valence-electron chi connectivity index (χ4n) is 3.47. The Balaban J connectivity index is 1.25. The summed E-state index contributed by atoms with van der Waals surface area (Å²) in [6, 6.07) is 0. The van der Waals surface area contributed by atoms with Crippen LogP contribution in [0.1, 0.15) is 51.4 Å². The second kappa shape index (κ2) is 8.82. The highest BCUT2D eigenvalue weighted by atomic mass is 16.9. The number of nitrogens with zero attached hydrogens (tertiary/aromatic N) is 1. The van der Waals surface area contributed by atoms with Crippen molar-refractivity contribution in [3.8, 4) is 0 Å². The van der Waals surface area contributed by atoms with Crippen molar-refractivity contribution in [2.45, 2.75) is 57.5 Å². The Kier molecular flexibility index (Phi) is 6.40. The molecule has 11 heteroatoms. The van der Waals surface area contributed by atoms with Crippen LogP contribution in [0.5, 0.6) is 0 Å². The summed E-state index contributed by atoms with van der Waals surface area (Å²) in [5.74, 6) is -2.24. The normalized spacial score (nSPS) is 21.3. The lowest BCUT2D eigenvalue weighted by Gasteiger charge is -2.43. The molecular formula is C19H25N3O8. The Morgan fingerprint density at radius 1 is 1.00 bits per heavy atom. The van der Waals surface area contributed by atoms with Gasteiger partial charge in [0.2, 0.25) is 0 Å². The number of nitrogens with two attached hydrogens (primary N) is 1. The number of cyclic esters (lactones) is 2. The van der Waals surface area contributed by atoms with Gasteiger partial charge < -0.3 is 19.5 Å². The van der Waals surface area contributed by atoms with E-state index in [4.69, 9.17) is 19.9 Å². The third-order valence-corrected chi connectivity index (χ3v) is 5.42. The number of imide groups is 1. The molecule has 164 valence electrons. The van der Waals surface area contributed by atoms with Crippen molar-refractivity contribution in [1.82, 2.24) is 10.2 Å². The molecule has 0 aromatic rings. The van der Waals surface area contributed by atoms with E-state index in [1.807, 2.05) is 0 Å². The highest BCUT2D eigenvalue weighted by Gasteiger charge is 2.62. The van der Waals surface area contributed by atoms with E-state index in [0.717, 1.165) is 19.3 Å². The van der Waals surface area contributed by atoms with Crippen LogP contribution in [0.15, 0.2) is 12.2 Å². The van der Waals surface area contributed by atoms with Gasteiger partial charge in [0.05, 0.1) is 0 Å². The first-order valence-corrected chi connectivity index (χ1v) is 10.0. The second-order valence-corrected chi connectivity index (χ2v) is 7.56. The lowest BCUT2D eigenvalue weighted by atomic mass is 9.68. The van der Waals surface area contributed by atoms with Crippen LogP contribution >= 0.6 is 0 Å². The predicted octanol–water partition coefficient (Wildman–Crippen LogP) is 0.428. The molecule has 0 bridgehead atoms. The van der Waals surface area contributed by atoms with E-state index < -0.39 is 29.5 Å². The van der Waals surface area contributed by atoms with Crippen LogP contribution in [0, 0.1) is 5.41 Å². The zero-order valence-electron chi connectivity index (χ0n) is 16.5. The summed E-state index contributed by atoms with van der Waals surface area (Å²) in [7, 11) is 0. The number of ether oxygens (including phenoxy) is 3.